The Labute approximate surface area is 144 Å². The highest BCUT2D eigenvalue weighted by Crippen LogP contribution is 2.31. The SMILES string of the molecule is CCCCNc1nc(NCCCC)c2c(C)cc(C)nc2c1C#N. The monoisotopic (exact) mass is 325 g/mol. The van der Waals surface area contributed by atoms with Gasteiger partial charge in [0.2, 0.25) is 0 Å². The Morgan fingerprint density at radius 1 is 1.00 bits per heavy atom. The van der Waals surface area contributed by atoms with E-state index in [4.69, 9.17) is 4.98 Å². The molecule has 0 aliphatic carbocycles. The minimum Gasteiger partial charge on any atom is -0.369 e. The molecule has 0 radical (unpaired) electrons. The summed E-state index contributed by atoms with van der Waals surface area (Å²) in [5.74, 6) is 1.45. The minimum absolute atomic E-state index is 0.536. The number of hydrogen-bond acceptors (Lipinski definition) is 5. The van der Waals surface area contributed by atoms with Gasteiger partial charge in [-0.3, -0.25) is 4.98 Å². The van der Waals surface area contributed by atoms with Crippen LogP contribution in [0.4, 0.5) is 11.6 Å². The lowest BCUT2D eigenvalue weighted by Crippen LogP contribution is -2.11. The molecule has 0 fully saturated rings. The standard InChI is InChI=1S/C19H27N5/c1-5-7-9-21-18-15(12-20)17-16(13(3)11-14(4)23-17)19(24-18)22-10-8-6-2/h11H,5-10H2,1-4H3,(H2,21,22,24). The number of fused-ring (bicyclic) bond motifs is 1. The number of nitrogens with zero attached hydrogens (tertiary/aromatic N) is 3. The van der Waals surface area contributed by atoms with Gasteiger partial charge in [0.05, 0.1) is 5.52 Å². The van der Waals surface area contributed by atoms with Crippen LogP contribution in [-0.4, -0.2) is 23.1 Å². The summed E-state index contributed by atoms with van der Waals surface area (Å²) in [5, 5.41) is 17.4. The summed E-state index contributed by atoms with van der Waals surface area (Å²) in [6, 6.07) is 4.34. The van der Waals surface area contributed by atoms with Gasteiger partial charge in [-0.05, 0) is 38.3 Å². The normalized spacial score (nSPS) is 10.6. The highest BCUT2D eigenvalue weighted by atomic mass is 15.1. The van der Waals surface area contributed by atoms with E-state index in [9.17, 15) is 5.26 Å². The van der Waals surface area contributed by atoms with Crippen molar-refractivity contribution in [3.8, 4) is 6.07 Å². The molecule has 0 unspecified atom stereocenters. The predicted molar refractivity (Wildman–Crippen MR) is 101 cm³/mol. The fourth-order valence-electron chi connectivity index (χ4n) is 2.78. The summed E-state index contributed by atoms with van der Waals surface area (Å²) < 4.78 is 0. The molecule has 5 nitrogen and oxygen atoms in total. The number of aromatic nitrogens is 2. The summed E-state index contributed by atoms with van der Waals surface area (Å²) in [7, 11) is 0. The zero-order valence-electron chi connectivity index (χ0n) is 15.2. The second-order valence-electron chi connectivity index (χ2n) is 6.16. The lowest BCUT2D eigenvalue weighted by molar-refractivity contribution is 0.826. The van der Waals surface area contributed by atoms with Gasteiger partial charge in [-0.25, -0.2) is 4.98 Å². The zero-order valence-corrected chi connectivity index (χ0v) is 15.2. The number of nitriles is 1. The van der Waals surface area contributed by atoms with Crippen LogP contribution >= 0.6 is 0 Å². The topological polar surface area (TPSA) is 73.6 Å². The third-order valence-corrected chi connectivity index (χ3v) is 4.04. The Balaban J connectivity index is 2.58. The van der Waals surface area contributed by atoms with Gasteiger partial charge < -0.3 is 10.6 Å². The lowest BCUT2D eigenvalue weighted by Gasteiger charge is -2.16. The van der Waals surface area contributed by atoms with Gasteiger partial charge in [0.1, 0.15) is 23.3 Å². The van der Waals surface area contributed by atoms with Crippen LogP contribution in [-0.2, 0) is 0 Å². The molecule has 0 saturated heterocycles. The third-order valence-electron chi connectivity index (χ3n) is 4.04. The van der Waals surface area contributed by atoms with Gasteiger partial charge in [-0.15, -0.1) is 0 Å². The minimum atomic E-state index is 0.536. The van der Waals surface area contributed by atoms with E-state index < -0.39 is 0 Å². The van der Waals surface area contributed by atoms with Gasteiger partial charge in [0.15, 0.2) is 0 Å². The zero-order chi connectivity index (χ0) is 17.5. The summed E-state index contributed by atoms with van der Waals surface area (Å²) in [5.41, 5.74) is 3.29. The summed E-state index contributed by atoms with van der Waals surface area (Å²) >= 11 is 0. The number of pyridine rings is 2. The molecule has 128 valence electrons. The molecule has 0 atom stereocenters. The van der Waals surface area contributed by atoms with E-state index in [-0.39, 0.29) is 0 Å². The summed E-state index contributed by atoms with van der Waals surface area (Å²) in [4.78, 5) is 9.36. The number of nitrogens with one attached hydrogen (secondary N) is 2. The Morgan fingerprint density at radius 3 is 2.21 bits per heavy atom. The largest absolute Gasteiger partial charge is 0.369 e. The first-order valence-electron chi connectivity index (χ1n) is 8.82. The second kappa shape index (κ2) is 8.49. The van der Waals surface area contributed by atoms with Crippen molar-refractivity contribution in [1.29, 1.82) is 5.26 Å². The van der Waals surface area contributed by atoms with Crippen molar-refractivity contribution >= 4 is 22.5 Å². The van der Waals surface area contributed by atoms with Crippen LogP contribution in [0.1, 0.15) is 56.4 Å². The van der Waals surface area contributed by atoms with Crippen LogP contribution in [0.15, 0.2) is 6.07 Å². The smallest absolute Gasteiger partial charge is 0.148 e. The van der Waals surface area contributed by atoms with Crippen LogP contribution in [0.2, 0.25) is 0 Å². The average molecular weight is 325 g/mol. The average Bonchev–Trinajstić information content (AvgIpc) is 2.54. The van der Waals surface area contributed by atoms with Gasteiger partial charge in [0.25, 0.3) is 0 Å². The quantitative estimate of drug-likeness (QED) is 0.697. The van der Waals surface area contributed by atoms with E-state index in [1.165, 1.54) is 0 Å². The molecule has 24 heavy (non-hydrogen) atoms. The second-order valence-corrected chi connectivity index (χ2v) is 6.16. The predicted octanol–water partition coefficient (Wildman–Crippen LogP) is 4.54. The first-order valence-corrected chi connectivity index (χ1v) is 8.82. The molecule has 2 aromatic heterocycles. The molecule has 0 spiro atoms. The molecule has 0 aliphatic rings. The molecule has 2 rings (SSSR count). The molecule has 2 aromatic rings. The van der Waals surface area contributed by atoms with Crippen LogP contribution in [0.3, 0.4) is 0 Å². The van der Waals surface area contributed by atoms with Gasteiger partial charge in [-0.1, -0.05) is 26.7 Å². The van der Waals surface area contributed by atoms with E-state index in [2.05, 4.69) is 42.5 Å². The van der Waals surface area contributed by atoms with Crippen LogP contribution in [0.5, 0.6) is 0 Å². The molecule has 2 heterocycles. The summed E-state index contributed by atoms with van der Waals surface area (Å²) in [6.45, 7) is 10.00. The number of rotatable bonds is 8. The Bertz CT molecular complexity index is 746. The molecule has 5 heteroatoms. The summed E-state index contributed by atoms with van der Waals surface area (Å²) in [6.07, 6.45) is 4.35. The first kappa shape index (κ1) is 18.0. The van der Waals surface area contributed by atoms with Crippen molar-refractivity contribution in [1.82, 2.24) is 9.97 Å². The van der Waals surface area contributed by atoms with E-state index in [0.717, 1.165) is 66.8 Å². The molecular weight excluding hydrogens is 298 g/mol. The molecule has 0 aromatic carbocycles. The Kier molecular flexibility index (Phi) is 6.36. The van der Waals surface area contributed by atoms with E-state index in [1.54, 1.807) is 0 Å². The van der Waals surface area contributed by atoms with Gasteiger partial charge in [-0.2, -0.15) is 5.26 Å². The van der Waals surface area contributed by atoms with Crippen molar-refractivity contribution in [3.63, 3.8) is 0 Å². The maximum Gasteiger partial charge on any atom is 0.148 e. The highest BCUT2D eigenvalue weighted by Gasteiger charge is 2.17. The molecule has 0 bridgehead atoms. The number of aryl methyl sites for hydroxylation is 2. The van der Waals surface area contributed by atoms with E-state index in [1.807, 2.05) is 13.0 Å². The van der Waals surface area contributed by atoms with Gasteiger partial charge in [0, 0.05) is 24.2 Å². The molecule has 0 aliphatic heterocycles. The molecular formula is C19H27N5. The van der Waals surface area contributed by atoms with Crippen LogP contribution < -0.4 is 10.6 Å². The molecule has 0 amide bonds. The van der Waals surface area contributed by atoms with Gasteiger partial charge >= 0.3 is 0 Å². The molecule has 0 saturated carbocycles. The van der Waals surface area contributed by atoms with Crippen molar-refractivity contribution in [2.24, 2.45) is 0 Å². The van der Waals surface area contributed by atoms with Crippen molar-refractivity contribution in [2.75, 3.05) is 23.7 Å². The highest BCUT2D eigenvalue weighted by molar-refractivity contribution is 5.98. The maximum atomic E-state index is 9.67. The fourth-order valence-corrected chi connectivity index (χ4v) is 2.78. The van der Waals surface area contributed by atoms with E-state index >= 15 is 0 Å². The maximum absolute atomic E-state index is 9.67. The molecule has 2 N–H and O–H groups in total. The number of unbranched alkanes of at least 4 members (excludes halogenated alkanes) is 2. The van der Waals surface area contributed by atoms with Crippen LogP contribution in [0, 0.1) is 25.2 Å². The third kappa shape index (κ3) is 3.94. The number of hydrogen-bond donors (Lipinski definition) is 2. The van der Waals surface area contributed by atoms with E-state index in [0.29, 0.717) is 11.4 Å². The lowest BCUT2D eigenvalue weighted by atomic mass is 10.1. The van der Waals surface area contributed by atoms with Crippen molar-refractivity contribution < 1.29 is 0 Å². The Morgan fingerprint density at radius 2 is 1.62 bits per heavy atom. The van der Waals surface area contributed by atoms with Crippen molar-refractivity contribution in [2.45, 2.75) is 53.4 Å². The van der Waals surface area contributed by atoms with Crippen LogP contribution in [0.25, 0.3) is 10.9 Å². The Hall–Kier alpha value is -2.35. The first-order chi connectivity index (χ1) is 11.6. The van der Waals surface area contributed by atoms with Crippen molar-refractivity contribution in [3.05, 3.63) is 22.9 Å². The number of anilines is 2. The fraction of sp³-hybridized carbons (Fsp3) is 0.526.